The van der Waals surface area contributed by atoms with E-state index in [9.17, 15) is 14.4 Å². The van der Waals surface area contributed by atoms with E-state index in [4.69, 9.17) is 14.2 Å². The summed E-state index contributed by atoms with van der Waals surface area (Å²) >= 11 is 0. The molecule has 0 spiro atoms. The number of allylic oxidation sites excluding steroid dienone is 6. The second kappa shape index (κ2) is 59.2. The molecular formula is C64H118O6. The Kier molecular flexibility index (Phi) is 57.2. The molecule has 0 aliphatic rings. The molecule has 0 saturated carbocycles. The van der Waals surface area contributed by atoms with Gasteiger partial charge >= 0.3 is 17.9 Å². The summed E-state index contributed by atoms with van der Waals surface area (Å²) in [6.45, 7) is 6.63. The maximum Gasteiger partial charge on any atom is 0.306 e. The summed E-state index contributed by atoms with van der Waals surface area (Å²) < 4.78 is 16.8. The summed E-state index contributed by atoms with van der Waals surface area (Å²) in [5, 5.41) is 0. The largest absolute Gasteiger partial charge is 0.462 e. The van der Waals surface area contributed by atoms with Crippen molar-refractivity contribution in [3.63, 3.8) is 0 Å². The summed E-state index contributed by atoms with van der Waals surface area (Å²) in [4.78, 5) is 38.1. The molecule has 0 bridgehead atoms. The Bertz CT molecular complexity index is 1170. The minimum atomic E-state index is -0.771. The van der Waals surface area contributed by atoms with Crippen LogP contribution in [-0.4, -0.2) is 37.2 Å². The Hall–Kier alpha value is -2.37. The number of rotatable bonds is 57. The third-order valence-corrected chi connectivity index (χ3v) is 13.9. The minimum Gasteiger partial charge on any atom is -0.462 e. The number of esters is 3. The molecule has 1 unspecified atom stereocenters. The van der Waals surface area contributed by atoms with E-state index < -0.39 is 6.10 Å². The fourth-order valence-electron chi connectivity index (χ4n) is 9.18. The zero-order valence-electron chi connectivity index (χ0n) is 47.1. The zero-order chi connectivity index (χ0) is 50.7. The van der Waals surface area contributed by atoms with Crippen LogP contribution in [0.4, 0.5) is 0 Å². The normalized spacial score (nSPS) is 12.2. The molecule has 6 nitrogen and oxygen atoms in total. The molecule has 0 amide bonds. The molecule has 0 aliphatic heterocycles. The Balaban J connectivity index is 4.09. The average Bonchev–Trinajstić information content (AvgIpc) is 3.36. The van der Waals surface area contributed by atoms with Crippen molar-refractivity contribution in [2.75, 3.05) is 13.2 Å². The van der Waals surface area contributed by atoms with E-state index in [0.29, 0.717) is 19.3 Å². The molecule has 0 N–H and O–H groups in total. The highest BCUT2D eigenvalue weighted by atomic mass is 16.6. The predicted molar refractivity (Wildman–Crippen MR) is 302 cm³/mol. The van der Waals surface area contributed by atoms with E-state index in [1.807, 2.05) is 0 Å². The van der Waals surface area contributed by atoms with Crippen LogP contribution in [0.3, 0.4) is 0 Å². The summed E-state index contributed by atoms with van der Waals surface area (Å²) in [5.74, 6) is -0.863. The van der Waals surface area contributed by atoms with E-state index in [1.54, 1.807) is 0 Å². The van der Waals surface area contributed by atoms with Crippen LogP contribution in [0.15, 0.2) is 36.5 Å². The Morgan fingerprint density at radius 1 is 0.286 bits per heavy atom. The third-order valence-electron chi connectivity index (χ3n) is 13.9. The van der Waals surface area contributed by atoms with Crippen LogP contribution in [0.5, 0.6) is 0 Å². The van der Waals surface area contributed by atoms with Crippen molar-refractivity contribution < 1.29 is 28.6 Å². The Morgan fingerprint density at radius 2 is 0.514 bits per heavy atom. The van der Waals surface area contributed by atoms with E-state index >= 15 is 0 Å². The van der Waals surface area contributed by atoms with Gasteiger partial charge < -0.3 is 14.2 Å². The van der Waals surface area contributed by atoms with Crippen LogP contribution in [0.25, 0.3) is 0 Å². The standard InChI is InChI=1S/C64H118O6/c1-4-7-10-13-16-19-22-24-25-26-27-28-29-30-31-32-33-34-35-36-37-38-39-40-43-45-48-51-54-57-63(66)69-60-61(59-68-62(65)56-53-50-47-44-41-21-18-15-12-9-6-3)70-64(67)58-55-52-49-46-42-23-20-17-14-11-8-5-2/h17,20,22,24,26-27,61H,4-16,18-19,21,23,25,28-60H2,1-3H3/b20-17-,24-22-,27-26-. The van der Waals surface area contributed by atoms with Gasteiger partial charge in [-0.1, -0.05) is 276 Å². The number of ether oxygens (including phenoxy) is 3. The third kappa shape index (κ3) is 56.5. The van der Waals surface area contributed by atoms with Gasteiger partial charge in [0.1, 0.15) is 13.2 Å². The maximum atomic E-state index is 12.8. The van der Waals surface area contributed by atoms with Crippen LogP contribution in [0, 0.1) is 0 Å². The number of hydrogen-bond donors (Lipinski definition) is 0. The Labute approximate surface area is 435 Å². The van der Waals surface area contributed by atoms with E-state index in [-0.39, 0.29) is 31.1 Å². The number of carbonyl (C=O) groups is 3. The van der Waals surface area contributed by atoms with E-state index in [2.05, 4.69) is 57.2 Å². The second-order valence-electron chi connectivity index (χ2n) is 21.0. The van der Waals surface area contributed by atoms with Crippen molar-refractivity contribution >= 4 is 17.9 Å². The van der Waals surface area contributed by atoms with Crippen molar-refractivity contribution in [2.45, 2.75) is 341 Å². The van der Waals surface area contributed by atoms with Gasteiger partial charge in [0.25, 0.3) is 0 Å². The SMILES string of the molecule is CCCCC/C=C\CCCCCCCC(=O)OC(COC(=O)CCCCCCCCCCCCC)COC(=O)CCCCCCCCCCCCCCCCCCC/C=C\C/C=C\CCCCCCC. The Morgan fingerprint density at radius 3 is 0.829 bits per heavy atom. The van der Waals surface area contributed by atoms with Gasteiger partial charge in [0, 0.05) is 19.3 Å². The van der Waals surface area contributed by atoms with Gasteiger partial charge in [-0.3, -0.25) is 14.4 Å². The highest BCUT2D eigenvalue weighted by Crippen LogP contribution is 2.17. The van der Waals surface area contributed by atoms with Gasteiger partial charge in [-0.15, -0.1) is 0 Å². The lowest BCUT2D eigenvalue weighted by molar-refractivity contribution is -0.167. The molecule has 0 radical (unpaired) electrons. The van der Waals surface area contributed by atoms with Gasteiger partial charge in [0.05, 0.1) is 0 Å². The van der Waals surface area contributed by atoms with Crippen molar-refractivity contribution in [1.29, 1.82) is 0 Å². The van der Waals surface area contributed by atoms with Gasteiger partial charge in [-0.05, 0) is 77.0 Å². The smallest absolute Gasteiger partial charge is 0.306 e. The second-order valence-corrected chi connectivity index (χ2v) is 21.0. The highest BCUT2D eigenvalue weighted by molar-refractivity contribution is 5.71. The van der Waals surface area contributed by atoms with Crippen molar-refractivity contribution in [1.82, 2.24) is 0 Å². The lowest BCUT2D eigenvalue weighted by atomic mass is 10.0. The van der Waals surface area contributed by atoms with Crippen molar-refractivity contribution in [3.8, 4) is 0 Å². The molecule has 0 rings (SSSR count). The first-order chi connectivity index (χ1) is 34.5. The van der Waals surface area contributed by atoms with Crippen LogP contribution in [-0.2, 0) is 28.6 Å². The van der Waals surface area contributed by atoms with Crippen LogP contribution < -0.4 is 0 Å². The lowest BCUT2D eigenvalue weighted by Crippen LogP contribution is -2.30. The molecule has 0 saturated heterocycles. The molecule has 0 aromatic heterocycles. The number of unbranched alkanes of at least 4 members (excludes halogenated alkanes) is 40. The molecule has 410 valence electrons. The quantitative estimate of drug-likeness (QED) is 0.0261. The van der Waals surface area contributed by atoms with Gasteiger partial charge in [0.2, 0.25) is 0 Å². The van der Waals surface area contributed by atoms with Gasteiger partial charge in [-0.2, -0.15) is 0 Å². The van der Waals surface area contributed by atoms with Crippen LogP contribution in [0.1, 0.15) is 335 Å². The fourth-order valence-corrected chi connectivity index (χ4v) is 9.18. The molecule has 1 atom stereocenters. The predicted octanol–water partition coefficient (Wildman–Crippen LogP) is 20.8. The molecule has 0 aliphatic carbocycles. The monoisotopic (exact) mass is 983 g/mol. The highest BCUT2D eigenvalue weighted by Gasteiger charge is 2.19. The molecule has 0 aromatic rings. The topological polar surface area (TPSA) is 78.9 Å². The van der Waals surface area contributed by atoms with E-state index in [1.165, 1.54) is 225 Å². The van der Waals surface area contributed by atoms with Crippen molar-refractivity contribution in [2.24, 2.45) is 0 Å². The summed E-state index contributed by atoms with van der Waals surface area (Å²) in [7, 11) is 0. The maximum absolute atomic E-state index is 12.8. The molecule has 70 heavy (non-hydrogen) atoms. The molecule has 0 fully saturated rings. The first-order valence-corrected chi connectivity index (χ1v) is 31.0. The fraction of sp³-hybridized carbons (Fsp3) is 0.859. The minimum absolute atomic E-state index is 0.0708. The zero-order valence-corrected chi connectivity index (χ0v) is 47.1. The summed E-state index contributed by atoms with van der Waals surface area (Å²) in [5.41, 5.74) is 0. The molecule has 6 heteroatoms. The average molecular weight is 984 g/mol. The van der Waals surface area contributed by atoms with Gasteiger partial charge in [-0.25, -0.2) is 0 Å². The summed E-state index contributed by atoms with van der Waals surface area (Å²) in [6.07, 6.45) is 71.6. The first-order valence-electron chi connectivity index (χ1n) is 31.0. The molecule has 0 aromatic carbocycles. The van der Waals surface area contributed by atoms with Crippen LogP contribution in [0.2, 0.25) is 0 Å². The number of carbonyl (C=O) groups excluding carboxylic acids is 3. The van der Waals surface area contributed by atoms with E-state index in [0.717, 1.165) is 70.6 Å². The number of hydrogen-bond acceptors (Lipinski definition) is 6. The van der Waals surface area contributed by atoms with Crippen molar-refractivity contribution in [3.05, 3.63) is 36.5 Å². The summed E-state index contributed by atoms with van der Waals surface area (Å²) in [6, 6.07) is 0. The molecule has 0 heterocycles. The van der Waals surface area contributed by atoms with Crippen LogP contribution >= 0.6 is 0 Å². The van der Waals surface area contributed by atoms with Gasteiger partial charge in [0.15, 0.2) is 6.10 Å². The lowest BCUT2D eigenvalue weighted by Gasteiger charge is -2.18. The molecular weight excluding hydrogens is 865 g/mol. The first kappa shape index (κ1) is 67.6.